The molecule has 2 aliphatic rings. The van der Waals surface area contributed by atoms with E-state index in [4.69, 9.17) is 14.5 Å². The second kappa shape index (κ2) is 14.0. The average molecular weight is 601 g/mol. The highest BCUT2D eigenvalue weighted by molar-refractivity contribution is 5.79. The number of fused-ring (bicyclic) bond motifs is 1. The third-order valence-electron chi connectivity index (χ3n) is 8.19. The Morgan fingerprint density at radius 1 is 1.02 bits per heavy atom. The number of amides is 2. The number of likely N-dealkylation sites (tertiary alicyclic amines) is 1. The molecule has 2 aromatic carbocycles. The number of imidazole rings is 1. The Hall–Kier alpha value is -4.26. The number of nitrogens with zero attached hydrogens (tertiary/aromatic N) is 4. The summed E-state index contributed by atoms with van der Waals surface area (Å²) in [5.74, 6) is 1.65. The van der Waals surface area contributed by atoms with Gasteiger partial charge in [-0.2, -0.15) is 5.26 Å². The van der Waals surface area contributed by atoms with E-state index in [0.717, 1.165) is 54.0 Å². The Labute approximate surface area is 259 Å². The van der Waals surface area contributed by atoms with Crippen molar-refractivity contribution in [3.8, 4) is 11.8 Å². The summed E-state index contributed by atoms with van der Waals surface area (Å²) in [6.45, 7) is 7.82. The fourth-order valence-electron chi connectivity index (χ4n) is 5.90. The van der Waals surface area contributed by atoms with Crippen molar-refractivity contribution in [1.29, 1.82) is 5.26 Å². The Morgan fingerprint density at radius 3 is 2.43 bits per heavy atom. The van der Waals surface area contributed by atoms with Crippen LogP contribution in [0.3, 0.4) is 0 Å². The topological polar surface area (TPSA) is 122 Å². The minimum atomic E-state index is -0.502. The van der Waals surface area contributed by atoms with Crippen molar-refractivity contribution in [2.75, 3.05) is 18.4 Å². The van der Waals surface area contributed by atoms with E-state index in [1.807, 2.05) is 51.1 Å². The molecule has 2 amide bonds. The first-order valence-electron chi connectivity index (χ1n) is 15.8. The average Bonchev–Trinajstić information content (AvgIpc) is 3.36. The van der Waals surface area contributed by atoms with Gasteiger partial charge in [0, 0.05) is 50.6 Å². The van der Waals surface area contributed by atoms with Crippen LogP contribution in [-0.4, -0.2) is 57.3 Å². The van der Waals surface area contributed by atoms with Gasteiger partial charge < -0.3 is 29.6 Å². The first-order valence-corrected chi connectivity index (χ1v) is 15.8. The molecule has 1 aromatic heterocycles. The van der Waals surface area contributed by atoms with E-state index in [0.29, 0.717) is 38.2 Å². The van der Waals surface area contributed by atoms with Crippen molar-refractivity contribution < 1.29 is 19.1 Å². The quantitative estimate of drug-likeness (QED) is 0.303. The molecule has 2 heterocycles. The van der Waals surface area contributed by atoms with Crippen molar-refractivity contribution in [2.45, 2.75) is 103 Å². The van der Waals surface area contributed by atoms with Crippen LogP contribution in [0, 0.1) is 11.3 Å². The van der Waals surface area contributed by atoms with Gasteiger partial charge in [-0.25, -0.2) is 9.78 Å². The molecule has 0 unspecified atom stereocenters. The lowest BCUT2D eigenvalue weighted by atomic mass is 9.95. The smallest absolute Gasteiger partial charge is 0.410 e. The molecule has 1 saturated carbocycles. The molecule has 10 heteroatoms. The number of anilines is 1. The predicted molar refractivity (Wildman–Crippen MR) is 169 cm³/mol. The van der Waals surface area contributed by atoms with Crippen LogP contribution in [0.5, 0.6) is 5.75 Å². The molecule has 0 atom stereocenters. The molecule has 2 fully saturated rings. The van der Waals surface area contributed by atoms with E-state index >= 15 is 0 Å². The van der Waals surface area contributed by atoms with Crippen LogP contribution in [-0.2, 0) is 22.6 Å². The molecule has 1 aliphatic heterocycles. The van der Waals surface area contributed by atoms with E-state index in [1.165, 1.54) is 19.3 Å². The monoisotopic (exact) mass is 600 g/mol. The maximum Gasteiger partial charge on any atom is 0.410 e. The van der Waals surface area contributed by atoms with Crippen LogP contribution in [0.25, 0.3) is 11.0 Å². The van der Waals surface area contributed by atoms with Gasteiger partial charge in [-0.15, -0.1) is 0 Å². The van der Waals surface area contributed by atoms with Crippen molar-refractivity contribution in [3.05, 3.63) is 53.9 Å². The Balaban J connectivity index is 1.16. The summed E-state index contributed by atoms with van der Waals surface area (Å²) in [6, 6.07) is 15.8. The fourth-order valence-corrected chi connectivity index (χ4v) is 5.90. The zero-order valence-electron chi connectivity index (χ0n) is 26.1. The Kier molecular flexibility index (Phi) is 9.93. The number of nitrogens with one attached hydrogen (secondary N) is 2. The molecule has 10 nitrogen and oxygen atoms in total. The lowest BCUT2D eigenvalue weighted by Gasteiger charge is -2.33. The number of aromatic nitrogens is 2. The van der Waals surface area contributed by atoms with Gasteiger partial charge in [-0.1, -0.05) is 19.3 Å². The summed E-state index contributed by atoms with van der Waals surface area (Å²) >= 11 is 0. The van der Waals surface area contributed by atoms with Gasteiger partial charge in [-0.3, -0.25) is 4.79 Å². The summed E-state index contributed by atoms with van der Waals surface area (Å²) < 4.78 is 13.8. The number of benzene rings is 2. The maximum atomic E-state index is 12.8. The number of ether oxygens (including phenoxy) is 2. The third-order valence-corrected chi connectivity index (χ3v) is 8.19. The van der Waals surface area contributed by atoms with Gasteiger partial charge in [0.15, 0.2) is 0 Å². The first-order chi connectivity index (χ1) is 21.2. The highest BCUT2D eigenvalue weighted by Crippen LogP contribution is 2.24. The van der Waals surface area contributed by atoms with E-state index in [1.54, 1.807) is 17.0 Å². The normalized spacial score (nSPS) is 16.4. The first kappa shape index (κ1) is 31.2. The minimum Gasteiger partial charge on any atom is -0.490 e. The maximum absolute atomic E-state index is 12.8. The van der Waals surface area contributed by atoms with Gasteiger partial charge >= 0.3 is 6.09 Å². The van der Waals surface area contributed by atoms with Crippen LogP contribution in [0.15, 0.2) is 42.5 Å². The number of carbonyl (C=O) groups excluding carboxylic acids is 2. The highest BCUT2D eigenvalue weighted by atomic mass is 16.6. The summed E-state index contributed by atoms with van der Waals surface area (Å²) in [5, 5.41) is 16.0. The largest absolute Gasteiger partial charge is 0.490 e. The highest BCUT2D eigenvalue weighted by Gasteiger charge is 2.27. The molecule has 44 heavy (non-hydrogen) atoms. The molecular weight excluding hydrogens is 556 g/mol. The lowest BCUT2D eigenvalue weighted by molar-refractivity contribution is -0.122. The van der Waals surface area contributed by atoms with Gasteiger partial charge in [0.05, 0.1) is 29.2 Å². The number of piperidine rings is 1. The number of rotatable bonds is 9. The molecule has 0 bridgehead atoms. The van der Waals surface area contributed by atoms with Crippen LogP contribution in [0.4, 0.5) is 10.5 Å². The van der Waals surface area contributed by atoms with Crippen molar-refractivity contribution in [1.82, 2.24) is 19.8 Å². The summed E-state index contributed by atoms with van der Waals surface area (Å²) in [4.78, 5) is 31.7. The molecule has 0 radical (unpaired) electrons. The zero-order chi connectivity index (χ0) is 31.1. The SMILES string of the molecule is CC(C)(C)OC(=O)N1CCC(Oc2ccc(NCc3nc4cc(C#N)ccc4n3CCC(=O)NC3CCCCC3)cc2)CC1. The van der Waals surface area contributed by atoms with Crippen LogP contribution in [0.2, 0.25) is 0 Å². The second-order valence-electron chi connectivity index (χ2n) is 12.8. The van der Waals surface area contributed by atoms with Gasteiger partial charge in [-0.05, 0) is 76.1 Å². The summed E-state index contributed by atoms with van der Waals surface area (Å²) in [7, 11) is 0. The summed E-state index contributed by atoms with van der Waals surface area (Å²) in [5.41, 5.74) is 2.63. The Morgan fingerprint density at radius 2 is 1.75 bits per heavy atom. The predicted octanol–water partition coefficient (Wildman–Crippen LogP) is 6.14. The van der Waals surface area contributed by atoms with E-state index < -0.39 is 5.60 Å². The number of hydrogen-bond donors (Lipinski definition) is 2. The molecule has 1 aliphatic carbocycles. The van der Waals surface area contributed by atoms with Gasteiger partial charge in [0.25, 0.3) is 0 Å². The molecule has 1 saturated heterocycles. The fraction of sp³-hybridized carbons (Fsp3) is 0.529. The van der Waals surface area contributed by atoms with Crippen molar-refractivity contribution in [2.24, 2.45) is 0 Å². The molecule has 2 N–H and O–H groups in total. The van der Waals surface area contributed by atoms with E-state index in [2.05, 4.69) is 21.3 Å². The van der Waals surface area contributed by atoms with Crippen molar-refractivity contribution in [3.63, 3.8) is 0 Å². The van der Waals surface area contributed by atoms with Crippen LogP contribution in [0.1, 0.15) is 83.5 Å². The number of hydrogen-bond acceptors (Lipinski definition) is 7. The molecule has 3 aromatic rings. The number of carbonyl (C=O) groups is 2. The second-order valence-corrected chi connectivity index (χ2v) is 12.8. The van der Waals surface area contributed by atoms with E-state index in [-0.39, 0.29) is 24.1 Å². The lowest BCUT2D eigenvalue weighted by Crippen LogP contribution is -2.44. The van der Waals surface area contributed by atoms with E-state index in [9.17, 15) is 14.9 Å². The number of nitriles is 1. The molecular formula is C34H44N6O4. The minimum absolute atomic E-state index is 0.0426. The number of aryl methyl sites for hydroxylation is 1. The van der Waals surface area contributed by atoms with Crippen LogP contribution < -0.4 is 15.4 Å². The molecule has 234 valence electrons. The zero-order valence-corrected chi connectivity index (χ0v) is 26.1. The van der Waals surface area contributed by atoms with Crippen molar-refractivity contribution >= 4 is 28.7 Å². The Bertz CT molecular complexity index is 1470. The van der Waals surface area contributed by atoms with Crippen LogP contribution >= 0.6 is 0 Å². The summed E-state index contributed by atoms with van der Waals surface area (Å²) in [6.07, 6.45) is 7.37. The molecule has 5 rings (SSSR count). The van der Waals surface area contributed by atoms with Gasteiger partial charge in [0.2, 0.25) is 5.91 Å². The van der Waals surface area contributed by atoms with Gasteiger partial charge in [0.1, 0.15) is 23.3 Å². The standard InChI is InChI=1S/C34H44N6O4/c1-34(2,3)44-33(42)39-18-15-28(16-19-39)43-27-12-10-25(11-13-27)36-23-31-38-29-21-24(22-35)9-14-30(29)40(31)20-17-32(41)37-26-7-5-4-6-8-26/h9-14,21,26,28,36H,4-8,15-20,23H2,1-3H3,(H,37,41). The third kappa shape index (κ3) is 8.43. The molecule has 0 spiro atoms.